The lowest BCUT2D eigenvalue weighted by Crippen LogP contribution is -2.47. The average molecular weight is 328 g/mol. The van der Waals surface area contributed by atoms with Crippen LogP contribution in [0, 0.1) is 5.41 Å². The van der Waals surface area contributed by atoms with Gasteiger partial charge < -0.3 is 9.64 Å². The molecule has 0 bridgehead atoms. The second kappa shape index (κ2) is 6.23. The maximum atomic E-state index is 12.3. The average Bonchev–Trinajstić information content (AvgIpc) is 3.28. The summed E-state index contributed by atoms with van der Waals surface area (Å²) in [4.78, 5) is 19.2. The summed E-state index contributed by atoms with van der Waals surface area (Å²) in [5.41, 5.74) is 2.20. The van der Waals surface area contributed by atoms with E-state index in [2.05, 4.69) is 31.2 Å². The van der Waals surface area contributed by atoms with Crippen molar-refractivity contribution < 1.29 is 9.53 Å². The smallest absolute Gasteiger partial charge is 0.410 e. The van der Waals surface area contributed by atoms with Crippen molar-refractivity contribution in [3.05, 3.63) is 35.9 Å². The van der Waals surface area contributed by atoms with Crippen LogP contribution in [-0.2, 0) is 4.74 Å². The van der Waals surface area contributed by atoms with Crippen LogP contribution < -0.4 is 0 Å². The van der Waals surface area contributed by atoms with Crippen molar-refractivity contribution in [1.82, 2.24) is 4.90 Å². The number of benzene rings is 1. The van der Waals surface area contributed by atoms with Crippen molar-refractivity contribution in [2.75, 3.05) is 13.1 Å². The number of carbonyl (C=O) groups is 1. The predicted octanol–water partition coefficient (Wildman–Crippen LogP) is 4.61. The molecule has 1 saturated heterocycles. The van der Waals surface area contributed by atoms with Crippen molar-refractivity contribution in [2.24, 2.45) is 10.4 Å². The van der Waals surface area contributed by atoms with Gasteiger partial charge in [0.25, 0.3) is 0 Å². The van der Waals surface area contributed by atoms with Gasteiger partial charge in [0.1, 0.15) is 5.60 Å². The van der Waals surface area contributed by atoms with Crippen LogP contribution in [-0.4, -0.2) is 35.4 Å². The van der Waals surface area contributed by atoms with E-state index in [4.69, 9.17) is 9.73 Å². The van der Waals surface area contributed by atoms with E-state index >= 15 is 0 Å². The molecule has 24 heavy (non-hydrogen) atoms. The van der Waals surface area contributed by atoms with Crippen LogP contribution in [0.2, 0.25) is 0 Å². The van der Waals surface area contributed by atoms with E-state index in [9.17, 15) is 4.79 Å². The van der Waals surface area contributed by atoms with Crippen LogP contribution in [0.5, 0.6) is 0 Å². The summed E-state index contributed by atoms with van der Waals surface area (Å²) >= 11 is 0. The summed E-state index contributed by atoms with van der Waals surface area (Å²) < 4.78 is 5.53. The molecule has 0 radical (unpaired) electrons. The molecule has 1 aliphatic carbocycles. The molecular weight excluding hydrogens is 300 g/mol. The Kier molecular flexibility index (Phi) is 4.41. The molecule has 1 spiro atoms. The zero-order valence-electron chi connectivity index (χ0n) is 15.2. The highest BCUT2D eigenvalue weighted by molar-refractivity contribution is 5.94. The van der Waals surface area contributed by atoms with Crippen molar-refractivity contribution in [2.45, 2.75) is 58.6 Å². The lowest BCUT2D eigenvalue weighted by atomic mass is 9.92. The highest BCUT2D eigenvalue weighted by Crippen LogP contribution is 2.51. The molecule has 2 fully saturated rings. The van der Waals surface area contributed by atoms with Gasteiger partial charge in [0.15, 0.2) is 0 Å². The molecule has 0 N–H and O–H groups in total. The van der Waals surface area contributed by atoms with Crippen molar-refractivity contribution in [3.8, 4) is 0 Å². The third-order valence-electron chi connectivity index (χ3n) is 4.86. The quantitative estimate of drug-likeness (QED) is 0.795. The fourth-order valence-corrected chi connectivity index (χ4v) is 3.36. The van der Waals surface area contributed by atoms with Crippen LogP contribution >= 0.6 is 0 Å². The molecule has 0 unspecified atom stereocenters. The fourth-order valence-electron chi connectivity index (χ4n) is 3.36. The van der Waals surface area contributed by atoms with Gasteiger partial charge >= 0.3 is 6.09 Å². The number of hydrogen-bond donors (Lipinski definition) is 0. The normalized spacial score (nSPS) is 22.5. The highest BCUT2D eigenvalue weighted by Gasteiger charge is 2.51. The number of amides is 1. The zero-order valence-corrected chi connectivity index (χ0v) is 15.2. The van der Waals surface area contributed by atoms with Crippen LogP contribution in [0.3, 0.4) is 0 Å². The standard InChI is InChI=1S/C20H28N2O2/c1-15(16-8-6-5-7-9-16)21-17-10-13-22(14-20(17)11-12-20)18(23)24-19(2,3)4/h5-9,15H,10-14H2,1-4H3/t15-/m0/s1. The number of piperidine rings is 1. The van der Waals surface area contributed by atoms with Gasteiger partial charge in [0, 0.05) is 30.6 Å². The first-order valence-electron chi connectivity index (χ1n) is 8.89. The molecule has 3 rings (SSSR count). The largest absolute Gasteiger partial charge is 0.444 e. The summed E-state index contributed by atoms with van der Waals surface area (Å²) in [6.45, 7) is 9.35. The number of likely N-dealkylation sites (tertiary alicyclic amines) is 1. The molecule has 4 nitrogen and oxygen atoms in total. The van der Waals surface area contributed by atoms with Gasteiger partial charge in [-0.1, -0.05) is 30.3 Å². The molecule has 1 aliphatic heterocycles. The summed E-state index contributed by atoms with van der Waals surface area (Å²) in [7, 11) is 0. The summed E-state index contributed by atoms with van der Waals surface area (Å²) in [6, 6.07) is 10.6. The topological polar surface area (TPSA) is 41.9 Å². The second-order valence-electron chi connectivity index (χ2n) is 8.09. The first-order chi connectivity index (χ1) is 11.3. The Morgan fingerprint density at radius 1 is 1.25 bits per heavy atom. The number of carbonyl (C=O) groups excluding carboxylic acids is 1. The van der Waals surface area contributed by atoms with E-state index in [1.807, 2.05) is 31.7 Å². The summed E-state index contributed by atoms with van der Waals surface area (Å²) in [5, 5.41) is 0. The van der Waals surface area contributed by atoms with Gasteiger partial charge in [-0.25, -0.2) is 4.79 Å². The maximum Gasteiger partial charge on any atom is 0.410 e. The highest BCUT2D eigenvalue weighted by atomic mass is 16.6. The Hall–Kier alpha value is -1.84. The van der Waals surface area contributed by atoms with Gasteiger partial charge in [-0.3, -0.25) is 4.99 Å². The molecule has 4 heteroatoms. The number of ether oxygens (including phenoxy) is 1. The van der Waals surface area contributed by atoms with Gasteiger partial charge in [0.05, 0.1) is 6.04 Å². The van der Waals surface area contributed by atoms with Crippen LogP contribution in [0.15, 0.2) is 35.3 Å². The fraction of sp³-hybridized carbons (Fsp3) is 0.600. The minimum Gasteiger partial charge on any atom is -0.444 e. The minimum absolute atomic E-state index is 0.109. The molecule has 1 atom stereocenters. The molecule has 1 heterocycles. The molecule has 130 valence electrons. The van der Waals surface area contributed by atoms with Gasteiger partial charge in [-0.2, -0.15) is 0 Å². The molecular formula is C20H28N2O2. The Balaban J connectivity index is 1.69. The third-order valence-corrected chi connectivity index (χ3v) is 4.86. The van der Waals surface area contributed by atoms with E-state index in [0.717, 1.165) is 25.8 Å². The first-order valence-corrected chi connectivity index (χ1v) is 8.89. The molecule has 0 aromatic heterocycles. The molecule has 2 aliphatic rings. The lowest BCUT2D eigenvalue weighted by molar-refractivity contribution is 0.0216. The minimum atomic E-state index is -0.440. The van der Waals surface area contributed by atoms with Crippen molar-refractivity contribution in [3.63, 3.8) is 0 Å². The van der Waals surface area contributed by atoms with Crippen LogP contribution in [0.4, 0.5) is 4.79 Å². The third kappa shape index (κ3) is 3.80. The van der Waals surface area contributed by atoms with E-state index in [-0.39, 0.29) is 17.6 Å². The molecule has 1 aromatic carbocycles. The Morgan fingerprint density at radius 2 is 1.92 bits per heavy atom. The van der Waals surface area contributed by atoms with E-state index < -0.39 is 5.60 Å². The number of aliphatic imine (C=N–C) groups is 1. The van der Waals surface area contributed by atoms with Crippen molar-refractivity contribution in [1.29, 1.82) is 0 Å². The van der Waals surface area contributed by atoms with E-state index in [0.29, 0.717) is 6.54 Å². The van der Waals surface area contributed by atoms with Crippen LogP contribution in [0.25, 0.3) is 0 Å². The first kappa shape index (κ1) is 17.0. The van der Waals surface area contributed by atoms with Crippen LogP contribution in [0.1, 0.15) is 58.6 Å². The van der Waals surface area contributed by atoms with E-state index in [1.54, 1.807) is 0 Å². The Bertz CT molecular complexity index is 627. The van der Waals surface area contributed by atoms with Gasteiger partial charge in [0.2, 0.25) is 0 Å². The zero-order chi connectivity index (χ0) is 17.4. The Morgan fingerprint density at radius 3 is 2.50 bits per heavy atom. The van der Waals surface area contributed by atoms with Gasteiger partial charge in [-0.15, -0.1) is 0 Å². The summed E-state index contributed by atoms with van der Waals surface area (Å²) in [6.07, 6.45) is 2.93. The Labute approximate surface area is 144 Å². The maximum absolute atomic E-state index is 12.3. The predicted molar refractivity (Wildman–Crippen MR) is 96.4 cm³/mol. The monoisotopic (exact) mass is 328 g/mol. The second-order valence-corrected chi connectivity index (χ2v) is 8.09. The number of hydrogen-bond acceptors (Lipinski definition) is 3. The molecule has 1 aromatic rings. The SMILES string of the molecule is C[C@H](N=C1CCN(C(=O)OC(C)(C)C)CC12CC2)c1ccccc1. The number of nitrogens with zero attached hydrogens (tertiary/aromatic N) is 2. The lowest BCUT2D eigenvalue weighted by Gasteiger charge is -2.35. The summed E-state index contributed by atoms with van der Waals surface area (Å²) in [5.74, 6) is 0. The molecule has 1 saturated carbocycles. The van der Waals surface area contributed by atoms with Crippen molar-refractivity contribution >= 4 is 11.8 Å². The molecule has 1 amide bonds. The van der Waals surface area contributed by atoms with Gasteiger partial charge in [-0.05, 0) is 46.1 Å². The number of rotatable bonds is 2. The van der Waals surface area contributed by atoms with E-state index in [1.165, 1.54) is 11.3 Å².